The minimum Gasteiger partial charge on any atom is -0.460 e. The van der Waals surface area contributed by atoms with Crippen LogP contribution in [-0.2, 0) is 14.3 Å². The van der Waals surface area contributed by atoms with Crippen LogP contribution >= 0.6 is 0 Å². The van der Waals surface area contributed by atoms with E-state index in [2.05, 4.69) is 10.6 Å². The van der Waals surface area contributed by atoms with E-state index in [4.69, 9.17) is 14.6 Å². The summed E-state index contributed by atoms with van der Waals surface area (Å²) in [6.07, 6.45) is 1.75. The van der Waals surface area contributed by atoms with Crippen molar-refractivity contribution in [3.05, 3.63) is 83.4 Å². The zero-order valence-corrected chi connectivity index (χ0v) is 18.2. The second kappa shape index (κ2) is 9.66. The Kier molecular flexibility index (Phi) is 6.50. The maximum Gasteiger partial charge on any atom is 0.338 e. The number of hydrogen-bond acceptors (Lipinski definition) is 5. The van der Waals surface area contributed by atoms with Gasteiger partial charge in [0.25, 0.3) is 0 Å². The van der Waals surface area contributed by atoms with E-state index in [0.717, 1.165) is 5.69 Å². The molecular weight excluding hydrogens is 427 g/mol. The molecule has 2 N–H and O–H groups in total. The number of carbonyl (C=O) groups is 2. The predicted octanol–water partition coefficient (Wildman–Crippen LogP) is 3.50. The summed E-state index contributed by atoms with van der Waals surface area (Å²) < 4.78 is 25.5. The molecule has 0 saturated heterocycles. The van der Waals surface area contributed by atoms with E-state index >= 15 is 0 Å². The van der Waals surface area contributed by atoms with E-state index < -0.39 is 18.0 Å². The Labute approximate surface area is 190 Å². The van der Waals surface area contributed by atoms with Crippen molar-refractivity contribution in [1.29, 1.82) is 0 Å². The minimum atomic E-state index is -0.827. The number of methoxy groups -OCH3 is 1. The summed E-state index contributed by atoms with van der Waals surface area (Å²) in [6.45, 7) is 1.95. The summed E-state index contributed by atoms with van der Waals surface area (Å²) in [7, 11) is 1.51. The van der Waals surface area contributed by atoms with Gasteiger partial charge >= 0.3 is 12.0 Å². The standard InChI is InChI=1S/C24H23FN4O4/c1-15-20(23(30)33-13-12-32-2)22(27-24(31)26-15)19-14-29(18-6-4-3-5-7-18)28-21(19)16-8-10-17(25)11-9-16/h3-11,14,22H,12-13H2,1-2H3,(H2,26,27,31)/t22-/m0/s1. The van der Waals surface area contributed by atoms with Crippen LogP contribution in [-0.4, -0.2) is 42.1 Å². The van der Waals surface area contributed by atoms with Gasteiger partial charge in [-0.3, -0.25) is 0 Å². The van der Waals surface area contributed by atoms with E-state index in [1.807, 2.05) is 30.3 Å². The van der Waals surface area contributed by atoms with Gasteiger partial charge in [0.1, 0.15) is 12.4 Å². The normalized spacial score (nSPS) is 15.7. The van der Waals surface area contributed by atoms with Crippen molar-refractivity contribution in [2.45, 2.75) is 13.0 Å². The van der Waals surface area contributed by atoms with Gasteiger partial charge in [0.05, 0.1) is 29.6 Å². The third-order valence-corrected chi connectivity index (χ3v) is 5.20. The Morgan fingerprint density at radius 3 is 2.55 bits per heavy atom. The summed E-state index contributed by atoms with van der Waals surface area (Å²) in [4.78, 5) is 25.3. The fourth-order valence-corrected chi connectivity index (χ4v) is 3.64. The van der Waals surface area contributed by atoms with Crippen molar-refractivity contribution in [3.63, 3.8) is 0 Å². The van der Waals surface area contributed by atoms with Gasteiger partial charge in [-0.15, -0.1) is 0 Å². The molecule has 1 aliphatic heterocycles. The average Bonchev–Trinajstić information content (AvgIpc) is 3.25. The number of halogens is 1. The van der Waals surface area contributed by atoms with Crippen molar-refractivity contribution in [2.75, 3.05) is 20.3 Å². The average molecular weight is 450 g/mol. The number of nitrogens with zero attached hydrogens (tertiary/aromatic N) is 2. The van der Waals surface area contributed by atoms with E-state index in [1.54, 1.807) is 29.9 Å². The number of allylic oxidation sites excluding steroid dienone is 1. The largest absolute Gasteiger partial charge is 0.460 e. The molecule has 2 aromatic carbocycles. The van der Waals surface area contributed by atoms with Crippen LogP contribution in [0.2, 0.25) is 0 Å². The summed E-state index contributed by atoms with van der Waals surface area (Å²) in [5.74, 6) is -0.962. The van der Waals surface area contributed by atoms with Crippen molar-refractivity contribution >= 4 is 12.0 Å². The molecule has 8 nitrogen and oxygen atoms in total. The molecule has 0 unspecified atom stereocenters. The molecular formula is C24H23FN4O4. The summed E-state index contributed by atoms with van der Waals surface area (Å²) in [6, 6.07) is 14.0. The van der Waals surface area contributed by atoms with Gasteiger partial charge in [-0.25, -0.2) is 18.7 Å². The van der Waals surface area contributed by atoms with Gasteiger partial charge in [-0.05, 0) is 43.3 Å². The molecule has 1 aliphatic rings. The van der Waals surface area contributed by atoms with Gasteiger partial charge in [0, 0.05) is 30.1 Å². The molecule has 3 aromatic rings. The number of esters is 1. The summed E-state index contributed by atoms with van der Waals surface area (Å²) >= 11 is 0. The highest BCUT2D eigenvalue weighted by Gasteiger charge is 2.35. The molecule has 9 heteroatoms. The highest BCUT2D eigenvalue weighted by Crippen LogP contribution is 2.35. The monoisotopic (exact) mass is 450 g/mol. The molecule has 0 saturated carbocycles. The lowest BCUT2D eigenvalue weighted by atomic mass is 9.94. The van der Waals surface area contributed by atoms with Crippen molar-refractivity contribution in [1.82, 2.24) is 20.4 Å². The maximum atomic E-state index is 13.6. The Hall–Kier alpha value is -3.98. The van der Waals surface area contributed by atoms with E-state index in [-0.39, 0.29) is 24.6 Å². The number of nitrogens with one attached hydrogen (secondary N) is 2. The number of para-hydroxylation sites is 1. The molecule has 4 rings (SSSR count). The second-order valence-electron chi connectivity index (χ2n) is 7.42. The maximum absolute atomic E-state index is 13.6. The van der Waals surface area contributed by atoms with Crippen LogP contribution < -0.4 is 10.6 Å². The minimum absolute atomic E-state index is 0.0703. The second-order valence-corrected chi connectivity index (χ2v) is 7.42. The molecule has 0 aliphatic carbocycles. The molecule has 0 spiro atoms. The zero-order valence-electron chi connectivity index (χ0n) is 18.2. The third-order valence-electron chi connectivity index (χ3n) is 5.20. The lowest BCUT2D eigenvalue weighted by Crippen LogP contribution is -2.45. The fourth-order valence-electron chi connectivity index (χ4n) is 3.64. The SMILES string of the molecule is COCCOC(=O)C1=C(C)NC(=O)N[C@H]1c1cn(-c2ccccc2)nc1-c1ccc(F)cc1. The number of aromatic nitrogens is 2. The zero-order chi connectivity index (χ0) is 23.4. The number of rotatable bonds is 7. The molecule has 1 aromatic heterocycles. The van der Waals surface area contributed by atoms with Crippen molar-refractivity contribution in [3.8, 4) is 16.9 Å². The summed E-state index contributed by atoms with van der Waals surface area (Å²) in [5, 5.41) is 10.1. The highest BCUT2D eigenvalue weighted by atomic mass is 19.1. The van der Waals surface area contributed by atoms with Gasteiger partial charge in [0.2, 0.25) is 0 Å². The number of urea groups is 1. The van der Waals surface area contributed by atoms with E-state index in [1.165, 1.54) is 19.2 Å². The first-order valence-corrected chi connectivity index (χ1v) is 10.3. The molecule has 33 heavy (non-hydrogen) atoms. The molecule has 0 fully saturated rings. The Morgan fingerprint density at radius 1 is 1.12 bits per heavy atom. The van der Waals surface area contributed by atoms with Crippen molar-refractivity contribution < 1.29 is 23.5 Å². The van der Waals surface area contributed by atoms with Crippen LogP contribution in [0.25, 0.3) is 16.9 Å². The quantitative estimate of drug-likeness (QED) is 0.425. The number of ether oxygens (including phenoxy) is 2. The molecule has 170 valence electrons. The Morgan fingerprint density at radius 2 is 1.85 bits per heavy atom. The number of hydrogen-bond donors (Lipinski definition) is 2. The third kappa shape index (κ3) is 4.78. The van der Waals surface area contributed by atoms with Crippen molar-refractivity contribution in [2.24, 2.45) is 0 Å². The van der Waals surface area contributed by atoms with Gasteiger partial charge in [0.15, 0.2) is 0 Å². The first-order valence-electron chi connectivity index (χ1n) is 10.3. The smallest absolute Gasteiger partial charge is 0.338 e. The van der Waals surface area contributed by atoms with Crippen LogP contribution in [0, 0.1) is 5.82 Å². The first kappa shape index (κ1) is 22.2. The van der Waals surface area contributed by atoms with Crippen LogP contribution in [0.15, 0.2) is 72.1 Å². The predicted molar refractivity (Wildman–Crippen MR) is 119 cm³/mol. The number of benzene rings is 2. The molecule has 0 bridgehead atoms. The van der Waals surface area contributed by atoms with Crippen LogP contribution in [0.4, 0.5) is 9.18 Å². The highest BCUT2D eigenvalue weighted by molar-refractivity contribution is 5.95. The Balaban J connectivity index is 1.83. The molecule has 1 atom stereocenters. The van der Waals surface area contributed by atoms with E-state index in [9.17, 15) is 14.0 Å². The topological polar surface area (TPSA) is 94.5 Å². The van der Waals surface area contributed by atoms with Gasteiger partial charge in [-0.1, -0.05) is 18.2 Å². The fraction of sp³-hybridized carbons (Fsp3) is 0.208. The Bertz CT molecular complexity index is 1190. The number of amides is 2. The van der Waals surface area contributed by atoms with Crippen LogP contribution in [0.3, 0.4) is 0 Å². The molecule has 2 heterocycles. The lowest BCUT2D eigenvalue weighted by molar-refractivity contribution is -0.140. The first-order chi connectivity index (χ1) is 16.0. The number of carbonyl (C=O) groups excluding carboxylic acids is 2. The van der Waals surface area contributed by atoms with Crippen LogP contribution in [0.5, 0.6) is 0 Å². The van der Waals surface area contributed by atoms with Gasteiger partial charge < -0.3 is 20.1 Å². The lowest BCUT2D eigenvalue weighted by Gasteiger charge is -2.27. The molecule has 2 amide bonds. The van der Waals surface area contributed by atoms with E-state index in [0.29, 0.717) is 22.5 Å². The summed E-state index contributed by atoms with van der Waals surface area (Å²) in [5.41, 5.74) is 3.13. The molecule has 0 radical (unpaired) electrons. The van der Waals surface area contributed by atoms with Gasteiger partial charge in [-0.2, -0.15) is 5.10 Å². The van der Waals surface area contributed by atoms with Crippen LogP contribution in [0.1, 0.15) is 18.5 Å².